The van der Waals surface area contributed by atoms with Crippen LogP contribution < -0.4 is 25.4 Å². The second-order valence-electron chi connectivity index (χ2n) is 13.2. The number of ether oxygens (including phenoxy) is 3. The largest absolute Gasteiger partial charge is 0.497 e. The van der Waals surface area contributed by atoms with Crippen LogP contribution in [0.3, 0.4) is 0 Å². The zero-order valence-electron chi connectivity index (χ0n) is 30.5. The Morgan fingerprint density at radius 3 is 2.25 bits per heavy atom. The third kappa shape index (κ3) is 11.7. The molecule has 4 rings (SSSR count). The number of amides is 5. The molecule has 0 radical (unpaired) electrons. The van der Waals surface area contributed by atoms with Gasteiger partial charge in [-0.3, -0.25) is 4.79 Å². The summed E-state index contributed by atoms with van der Waals surface area (Å²) in [6, 6.07) is 13.9. The van der Waals surface area contributed by atoms with Gasteiger partial charge in [-0.25, -0.2) is 9.59 Å². The van der Waals surface area contributed by atoms with E-state index in [1.807, 2.05) is 13.8 Å². The van der Waals surface area contributed by atoms with Gasteiger partial charge in [0.2, 0.25) is 0 Å². The maximum absolute atomic E-state index is 14.4. The number of nitrogens with one attached hydrogen (secondary N) is 3. The van der Waals surface area contributed by atoms with Gasteiger partial charge < -0.3 is 45.1 Å². The zero-order valence-corrected chi connectivity index (χ0v) is 30.5. The molecular formula is C38H48F3N5O7. The Balaban J connectivity index is 1.55. The lowest BCUT2D eigenvalue weighted by atomic mass is 10.0. The van der Waals surface area contributed by atoms with Crippen molar-refractivity contribution in [3.05, 3.63) is 77.9 Å². The molecule has 288 valence electrons. The Bertz CT molecular complexity index is 1670. The number of halogens is 3. The molecule has 3 aromatic rings. The second kappa shape index (κ2) is 18.6. The van der Waals surface area contributed by atoms with Crippen molar-refractivity contribution < 1.29 is 46.9 Å². The van der Waals surface area contributed by atoms with Crippen molar-refractivity contribution in [1.29, 1.82) is 0 Å². The summed E-state index contributed by atoms with van der Waals surface area (Å²) in [6.45, 7) is 5.98. The van der Waals surface area contributed by atoms with Gasteiger partial charge in [-0.05, 0) is 99.8 Å². The van der Waals surface area contributed by atoms with Crippen molar-refractivity contribution >= 4 is 35.0 Å². The summed E-state index contributed by atoms with van der Waals surface area (Å²) in [6.07, 6.45) is -3.10. The molecule has 1 aliphatic rings. The monoisotopic (exact) mass is 743 g/mol. The molecule has 0 saturated carbocycles. The van der Waals surface area contributed by atoms with Crippen molar-refractivity contribution in [3.63, 3.8) is 0 Å². The highest BCUT2D eigenvalue weighted by Crippen LogP contribution is 2.31. The van der Waals surface area contributed by atoms with Gasteiger partial charge in [0.25, 0.3) is 5.91 Å². The predicted molar refractivity (Wildman–Crippen MR) is 196 cm³/mol. The molecule has 53 heavy (non-hydrogen) atoms. The number of aliphatic hydroxyl groups excluding tert-OH is 1. The van der Waals surface area contributed by atoms with Gasteiger partial charge in [0, 0.05) is 49.7 Å². The van der Waals surface area contributed by atoms with Crippen LogP contribution in [0, 0.1) is 5.92 Å². The Morgan fingerprint density at radius 2 is 1.60 bits per heavy atom. The molecule has 1 heterocycles. The number of alkyl halides is 3. The van der Waals surface area contributed by atoms with E-state index in [0.717, 1.165) is 37.1 Å². The molecule has 4 N–H and O–H groups in total. The first-order chi connectivity index (χ1) is 25.2. The summed E-state index contributed by atoms with van der Waals surface area (Å²) in [7, 11) is 3.22. The van der Waals surface area contributed by atoms with Gasteiger partial charge in [0.15, 0.2) is 0 Å². The first kappa shape index (κ1) is 40.7. The van der Waals surface area contributed by atoms with Crippen molar-refractivity contribution in [2.75, 3.05) is 56.4 Å². The summed E-state index contributed by atoms with van der Waals surface area (Å²) in [4.78, 5) is 43.4. The number of carbonyl (C=O) groups is 3. The van der Waals surface area contributed by atoms with Crippen LogP contribution in [0.4, 0.5) is 39.8 Å². The van der Waals surface area contributed by atoms with E-state index in [-0.39, 0.29) is 54.7 Å². The highest BCUT2D eigenvalue weighted by molar-refractivity contribution is 6.02. The fourth-order valence-corrected chi connectivity index (χ4v) is 5.74. The van der Waals surface area contributed by atoms with E-state index in [2.05, 4.69) is 16.0 Å². The van der Waals surface area contributed by atoms with Gasteiger partial charge in [0.1, 0.15) is 11.5 Å². The smallest absolute Gasteiger partial charge is 0.416 e. The number of urea groups is 2. The van der Waals surface area contributed by atoms with E-state index < -0.39 is 35.8 Å². The molecule has 0 unspecified atom stereocenters. The number of anilines is 3. The summed E-state index contributed by atoms with van der Waals surface area (Å²) in [5.41, 5.74) is 0.256. The molecule has 0 aromatic heterocycles. The molecule has 1 aliphatic heterocycles. The maximum Gasteiger partial charge on any atom is 0.416 e. The second-order valence-corrected chi connectivity index (χ2v) is 13.2. The molecule has 5 amide bonds. The molecule has 0 fully saturated rings. The average Bonchev–Trinajstić information content (AvgIpc) is 3.12. The number of fused-ring (bicyclic) bond motifs is 1. The third-order valence-corrected chi connectivity index (χ3v) is 8.92. The number of rotatable bonds is 8. The normalized spacial score (nSPS) is 19.2. The van der Waals surface area contributed by atoms with Crippen molar-refractivity contribution in [1.82, 2.24) is 9.80 Å². The van der Waals surface area contributed by atoms with Crippen LogP contribution >= 0.6 is 0 Å². The van der Waals surface area contributed by atoms with E-state index in [0.29, 0.717) is 30.2 Å². The van der Waals surface area contributed by atoms with Crippen LogP contribution in [-0.2, 0) is 10.9 Å². The SMILES string of the molecule is COc1ccc(NC(=O)N(C)C[C@@H]2OCCCC[C@@H](C)Oc3ccc(NC(=O)Nc4ccc(C(F)(F)F)cc4)cc3C(=O)N([C@@H](C)CO)C[C@H]2C)cc1. The first-order valence-electron chi connectivity index (χ1n) is 17.4. The number of benzene rings is 3. The number of nitrogens with zero attached hydrogens (tertiary/aromatic N) is 2. The van der Waals surface area contributed by atoms with E-state index in [1.54, 1.807) is 57.5 Å². The van der Waals surface area contributed by atoms with Crippen LogP contribution in [0.15, 0.2) is 66.7 Å². The zero-order chi connectivity index (χ0) is 38.7. The fourth-order valence-electron chi connectivity index (χ4n) is 5.74. The number of aliphatic hydroxyl groups is 1. The number of hydrogen-bond acceptors (Lipinski definition) is 7. The Morgan fingerprint density at radius 1 is 0.981 bits per heavy atom. The quantitative estimate of drug-likeness (QED) is 0.190. The Labute approximate surface area is 307 Å². The molecule has 15 heteroatoms. The molecule has 12 nitrogen and oxygen atoms in total. The summed E-state index contributed by atoms with van der Waals surface area (Å²) >= 11 is 0. The van der Waals surface area contributed by atoms with E-state index in [4.69, 9.17) is 14.2 Å². The predicted octanol–water partition coefficient (Wildman–Crippen LogP) is 7.32. The Kier molecular flexibility index (Phi) is 14.3. The minimum Gasteiger partial charge on any atom is -0.497 e. The number of likely N-dealkylation sites (N-methyl/N-ethyl adjacent to an activating group) is 1. The molecule has 0 bridgehead atoms. The highest BCUT2D eigenvalue weighted by Gasteiger charge is 2.32. The van der Waals surface area contributed by atoms with Crippen molar-refractivity contribution in [2.24, 2.45) is 5.92 Å². The maximum atomic E-state index is 14.4. The van der Waals surface area contributed by atoms with Crippen LogP contribution in [0.2, 0.25) is 0 Å². The van der Waals surface area contributed by atoms with Crippen LogP contribution in [0.1, 0.15) is 56.0 Å². The minimum absolute atomic E-state index is 0.139. The lowest BCUT2D eigenvalue weighted by Crippen LogP contribution is -2.48. The van der Waals surface area contributed by atoms with Crippen molar-refractivity contribution in [3.8, 4) is 11.5 Å². The number of hydrogen-bond donors (Lipinski definition) is 4. The minimum atomic E-state index is -4.51. The molecule has 0 spiro atoms. The fraction of sp³-hybridized carbons (Fsp3) is 0.447. The number of carbonyl (C=O) groups excluding carboxylic acids is 3. The van der Waals surface area contributed by atoms with Crippen LogP contribution in [-0.4, -0.2) is 91.6 Å². The molecular weight excluding hydrogens is 695 g/mol. The van der Waals surface area contributed by atoms with Gasteiger partial charge in [-0.2, -0.15) is 13.2 Å². The third-order valence-electron chi connectivity index (χ3n) is 8.92. The van der Waals surface area contributed by atoms with Gasteiger partial charge in [0.05, 0.1) is 43.1 Å². The molecule has 0 saturated heterocycles. The summed E-state index contributed by atoms with van der Waals surface area (Å²) < 4.78 is 56.7. The summed E-state index contributed by atoms with van der Waals surface area (Å²) in [5.74, 6) is 0.187. The van der Waals surface area contributed by atoms with E-state index >= 15 is 0 Å². The van der Waals surface area contributed by atoms with E-state index in [9.17, 15) is 32.7 Å². The Hall–Kier alpha value is -5.02. The molecule has 0 aliphatic carbocycles. The van der Waals surface area contributed by atoms with Gasteiger partial charge in [-0.1, -0.05) is 6.92 Å². The van der Waals surface area contributed by atoms with Crippen molar-refractivity contribution in [2.45, 2.75) is 64.5 Å². The molecule has 4 atom stereocenters. The topological polar surface area (TPSA) is 142 Å². The first-order valence-corrected chi connectivity index (χ1v) is 17.4. The lowest BCUT2D eigenvalue weighted by molar-refractivity contribution is -0.137. The van der Waals surface area contributed by atoms with Crippen LogP contribution in [0.5, 0.6) is 11.5 Å². The highest BCUT2D eigenvalue weighted by atomic mass is 19.4. The number of methoxy groups -OCH3 is 1. The van der Waals surface area contributed by atoms with Gasteiger partial charge in [-0.15, -0.1) is 0 Å². The summed E-state index contributed by atoms with van der Waals surface area (Å²) in [5, 5.41) is 18.2. The van der Waals surface area contributed by atoms with Gasteiger partial charge >= 0.3 is 18.2 Å². The molecule has 3 aromatic carbocycles. The van der Waals surface area contributed by atoms with E-state index in [1.165, 1.54) is 15.9 Å². The lowest BCUT2D eigenvalue weighted by Gasteiger charge is -2.35. The average molecular weight is 744 g/mol. The van der Waals surface area contributed by atoms with Crippen LogP contribution in [0.25, 0.3) is 0 Å². The standard InChI is InChI=1S/C38H48F3N5O7/c1-24-21-46(25(2)23-47)35(48)32-20-30(43-36(49)42-28-11-9-27(10-12-28)38(39,40)41)15-18-33(32)53-26(3)8-6-7-19-52-34(24)22-45(4)37(50)44-29-13-16-31(51-5)17-14-29/h9-18,20,24-26,34,47H,6-8,19,21-23H2,1-5H3,(H,44,50)(H2,42,43,49)/t24-,25+,26-,34+/m1/s1.